The summed E-state index contributed by atoms with van der Waals surface area (Å²) in [5.74, 6) is 1.01. The van der Waals surface area contributed by atoms with Gasteiger partial charge < -0.3 is 4.74 Å². The molecule has 6 nitrogen and oxygen atoms in total. The second-order valence-corrected chi connectivity index (χ2v) is 6.05. The molecular formula is C18H15BrN4O2. The predicted octanol–water partition coefficient (Wildman–Crippen LogP) is 3.65. The first-order valence-corrected chi connectivity index (χ1v) is 8.24. The molecule has 0 spiro atoms. The Kier molecular flexibility index (Phi) is 5.25. The van der Waals surface area contributed by atoms with Crippen LogP contribution in [0.25, 0.3) is 11.3 Å². The van der Waals surface area contributed by atoms with Gasteiger partial charge >= 0.3 is 0 Å². The highest BCUT2D eigenvalue weighted by Crippen LogP contribution is 2.20. The molecule has 0 amide bonds. The van der Waals surface area contributed by atoms with Gasteiger partial charge in [0.05, 0.1) is 19.0 Å². The van der Waals surface area contributed by atoms with E-state index in [1.165, 1.54) is 6.07 Å². The molecule has 0 saturated heterocycles. The summed E-state index contributed by atoms with van der Waals surface area (Å²) >= 11 is 3.40. The van der Waals surface area contributed by atoms with Crippen molar-refractivity contribution >= 4 is 28.1 Å². The molecule has 25 heavy (non-hydrogen) atoms. The summed E-state index contributed by atoms with van der Waals surface area (Å²) in [5.41, 5.74) is 4.76. The van der Waals surface area contributed by atoms with E-state index in [2.05, 4.69) is 36.4 Å². The van der Waals surface area contributed by atoms with Gasteiger partial charge in [-0.25, -0.2) is 10.4 Å². The lowest BCUT2D eigenvalue weighted by atomic mass is 10.1. The van der Waals surface area contributed by atoms with E-state index >= 15 is 0 Å². The molecule has 0 aliphatic rings. The molecule has 0 unspecified atom stereocenters. The van der Waals surface area contributed by atoms with Crippen LogP contribution in [-0.4, -0.2) is 23.3 Å². The van der Waals surface area contributed by atoms with E-state index in [1.807, 2.05) is 48.5 Å². The van der Waals surface area contributed by atoms with Crippen molar-refractivity contribution in [2.75, 3.05) is 12.5 Å². The maximum atomic E-state index is 11.9. The standard InChI is InChI=1S/C18H15BrN4O2/c1-25-15-7-5-13(6-8-15)16-10-17(24)22-18(21-16)23-20-11-12-3-2-4-14(19)9-12/h2-11H,1H3,(H2,21,22,23,24)/b20-11-. The Morgan fingerprint density at radius 1 is 1.20 bits per heavy atom. The number of hydrogen-bond donors (Lipinski definition) is 2. The van der Waals surface area contributed by atoms with Gasteiger partial charge in [-0.15, -0.1) is 0 Å². The number of benzene rings is 2. The van der Waals surface area contributed by atoms with E-state index in [-0.39, 0.29) is 11.5 Å². The van der Waals surface area contributed by atoms with E-state index in [0.29, 0.717) is 5.69 Å². The molecule has 0 radical (unpaired) electrons. The van der Waals surface area contributed by atoms with Gasteiger partial charge in [-0.1, -0.05) is 28.1 Å². The van der Waals surface area contributed by atoms with E-state index < -0.39 is 0 Å². The van der Waals surface area contributed by atoms with E-state index in [9.17, 15) is 4.79 Å². The molecule has 0 aliphatic heterocycles. The molecule has 0 bridgehead atoms. The number of nitrogens with zero attached hydrogens (tertiary/aromatic N) is 2. The molecule has 2 aromatic carbocycles. The van der Waals surface area contributed by atoms with Gasteiger partial charge in [0.25, 0.3) is 5.56 Å². The van der Waals surface area contributed by atoms with Crippen LogP contribution in [0.4, 0.5) is 5.95 Å². The van der Waals surface area contributed by atoms with Gasteiger partial charge in [-0.2, -0.15) is 5.10 Å². The molecule has 126 valence electrons. The summed E-state index contributed by atoms with van der Waals surface area (Å²) in [5, 5.41) is 4.11. The van der Waals surface area contributed by atoms with Crippen molar-refractivity contribution in [1.82, 2.24) is 9.97 Å². The van der Waals surface area contributed by atoms with Crippen LogP contribution in [0.3, 0.4) is 0 Å². The van der Waals surface area contributed by atoms with Crippen LogP contribution in [0.1, 0.15) is 5.56 Å². The van der Waals surface area contributed by atoms with Crippen LogP contribution in [0.5, 0.6) is 5.75 Å². The molecule has 3 aromatic rings. The Labute approximate surface area is 152 Å². The highest BCUT2D eigenvalue weighted by atomic mass is 79.9. The second kappa shape index (κ2) is 7.76. The molecule has 0 atom stereocenters. The van der Waals surface area contributed by atoms with E-state index in [0.717, 1.165) is 21.3 Å². The summed E-state index contributed by atoms with van der Waals surface area (Å²) in [6.45, 7) is 0. The SMILES string of the molecule is COc1ccc(-c2cc(=O)[nH]c(N/N=C\c3cccc(Br)c3)n2)cc1. The van der Waals surface area contributed by atoms with Gasteiger partial charge in [-0.3, -0.25) is 9.78 Å². The van der Waals surface area contributed by atoms with Crippen molar-refractivity contribution in [3.8, 4) is 17.0 Å². The van der Waals surface area contributed by atoms with E-state index in [1.54, 1.807) is 13.3 Å². The number of H-pyrrole nitrogens is 1. The number of rotatable bonds is 5. The van der Waals surface area contributed by atoms with Crippen molar-refractivity contribution in [3.05, 3.63) is 75.0 Å². The van der Waals surface area contributed by atoms with Crippen molar-refractivity contribution < 1.29 is 4.74 Å². The number of nitrogens with one attached hydrogen (secondary N) is 2. The quantitative estimate of drug-likeness (QED) is 0.507. The average Bonchev–Trinajstić information content (AvgIpc) is 2.61. The Morgan fingerprint density at radius 2 is 2.00 bits per heavy atom. The maximum Gasteiger partial charge on any atom is 0.252 e. The number of anilines is 1. The normalized spacial score (nSPS) is 10.8. The minimum Gasteiger partial charge on any atom is -0.497 e. The smallest absolute Gasteiger partial charge is 0.252 e. The lowest BCUT2D eigenvalue weighted by Gasteiger charge is -2.05. The minimum absolute atomic E-state index is 0.263. The summed E-state index contributed by atoms with van der Waals surface area (Å²) in [6.07, 6.45) is 1.64. The number of aromatic nitrogens is 2. The Morgan fingerprint density at radius 3 is 2.72 bits per heavy atom. The van der Waals surface area contributed by atoms with Crippen molar-refractivity contribution in [2.24, 2.45) is 5.10 Å². The third kappa shape index (κ3) is 4.54. The summed E-state index contributed by atoms with van der Waals surface area (Å²) < 4.78 is 6.10. The lowest BCUT2D eigenvalue weighted by Crippen LogP contribution is -2.10. The van der Waals surface area contributed by atoms with Crippen molar-refractivity contribution in [1.29, 1.82) is 0 Å². The van der Waals surface area contributed by atoms with Crippen LogP contribution in [0, 0.1) is 0 Å². The maximum absolute atomic E-state index is 11.9. The summed E-state index contributed by atoms with van der Waals surface area (Å²) in [4.78, 5) is 18.9. The third-order valence-electron chi connectivity index (χ3n) is 3.36. The molecule has 7 heteroatoms. The van der Waals surface area contributed by atoms with Crippen molar-refractivity contribution in [3.63, 3.8) is 0 Å². The topological polar surface area (TPSA) is 79.4 Å². The Hall–Kier alpha value is -2.93. The molecule has 1 heterocycles. The van der Waals surface area contributed by atoms with Gasteiger partial charge in [0, 0.05) is 16.1 Å². The molecular weight excluding hydrogens is 384 g/mol. The summed E-state index contributed by atoms with van der Waals surface area (Å²) in [7, 11) is 1.60. The van der Waals surface area contributed by atoms with E-state index in [4.69, 9.17) is 4.74 Å². The molecule has 0 saturated carbocycles. The number of hydrogen-bond acceptors (Lipinski definition) is 5. The summed E-state index contributed by atoms with van der Waals surface area (Å²) in [6, 6.07) is 16.4. The largest absolute Gasteiger partial charge is 0.497 e. The number of hydrazone groups is 1. The molecule has 3 rings (SSSR count). The fourth-order valence-electron chi connectivity index (χ4n) is 2.18. The van der Waals surface area contributed by atoms with Crippen molar-refractivity contribution in [2.45, 2.75) is 0 Å². The third-order valence-corrected chi connectivity index (χ3v) is 3.85. The van der Waals surface area contributed by atoms with Crippen LogP contribution in [0.2, 0.25) is 0 Å². The zero-order valence-electron chi connectivity index (χ0n) is 13.4. The number of halogens is 1. The Bertz CT molecular complexity index is 952. The highest BCUT2D eigenvalue weighted by molar-refractivity contribution is 9.10. The second-order valence-electron chi connectivity index (χ2n) is 5.13. The monoisotopic (exact) mass is 398 g/mol. The first kappa shape index (κ1) is 16.9. The number of ether oxygens (including phenoxy) is 1. The van der Waals surface area contributed by atoms with Crippen LogP contribution < -0.4 is 15.7 Å². The first-order valence-electron chi connectivity index (χ1n) is 7.44. The van der Waals surface area contributed by atoms with Gasteiger partial charge in [0.15, 0.2) is 0 Å². The molecule has 0 aliphatic carbocycles. The molecule has 2 N–H and O–H groups in total. The van der Waals surface area contributed by atoms with Crippen LogP contribution in [0.15, 0.2) is 69.0 Å². The zero-order chi connectivity index (χ0) is 17.6. The highest BCUT2D eigenvalue weighted by Gasteiger charge is 2.04. The van der Waals surface area contributed by atoms with Gasteiger partial charge in [0.2, 0.25) is 5.95 Å². The lowest BCUT2D eigenvalue weighted by molar-refractivity contribution is 0.415. The molecule has 1 aromatic heterocycles. The van der Waals surface area contributed by atoms with Gasteiger partial charge in [-0.05, 0) is 42.0 Å². The average molecular weight is 399 g/mol. The predicted molar refractivity (Wildman–Crippen MR) is 102 cm³/mol. The van der Waals surface area contributed by atoms with Crippen LogP contribution in [-0.2, 0) is 0 Å². The van der Waals surface area contributed by atoms with Crippen LogP contribution >= 0.6 is 15.9 Å². The first-order chi connectivity index (χ1) is 12.1. The fourth-order valence-corrected chi connectivity index (χ4v) is 2.59. The number of methoxy groups -OCH3 is 1. The zero-order valence-corrected chi connectivity index (χ0v) is 14.9. The fraction of sp³-hybridized carbons (Fsp3) is 0.0556. The Balaban J connectivity index is 1.80. The number of aromatic amines is 1. The van der Waals surface area contributed by atoms with Gasteiger partial charge in [0.1, 0.15) is 5.75 Å². The minimum atomic E-state index is -0.263. The molecule has 0 fully saturated rings.